The fourth-order valence-electron chi connectivity index (χ4n) is 1.57. The van der Waals surface area contributed by atoms with Crippen LogP contribution in [0.4, 0.5) is 0 Å². The number of benzene rings is 2. The van der Waals surface area contributed by atoms with E-state index in [2.05, 4.69) is 5.16 Å². The van der Waals surface area contributed by atoms with Crippen LogP contribution in [0.3, 0.4) is 0 Å². The van der Waals surface area contributed by atoms with E-state index in [1.54, 1.807) is 30.3 Å². The van der Waals surface area contributed by atoms with E-state index < -0.39 is 0 Å². The molecule has 2 rings (SSSR count). The van der Waals surface area contributed by atoms with Gasteiger partial charge in [-0.3, -0.25) is 0 Å². The van der Waals surface area contributed by atoms with E-state index in [4.69, 9.17) is 9.94 Å². The first-order valence-corrected chi connectivity index (χ1v) is 5.47. The monoisotopic (exact) mass is 243 g/mol. The number of aromatic hydroxyl groups is 1. The highest BCUT2D eigenvalue weighted by molar-refractivity contribution is 5.82. The van der Waals surface area contributed by atoms with Gasteiger partial charge in [-0.15, -0.1) is 0 Å². The molecule has 92 valence electrons. The molecule has 0 unspecified atom stereocenters. The zero-order valence-corrected chi connectivity index (χ0v) is 9.65. The van der Waals surface area contributed by atoms with Crippen molar-refractivity contribution in [1.82, 2.24) is 0 Å². The molecule has 0 amide bonds. The Morgan fingerprint density at radius 1 is 1.06 bits per heavy atom. The molecule has 2 aromatic carbocycles. The quantitative estimate of drug-likeness (QED) is 0.493. The fourth-order valence-corrected chi connectivity index (χ4v) is 1.57. The zero-order valence-electron chi connectivity index (χ0n) is 9.65. The van der Waals surface area contributed by atoms with Crippen molar-refractivity contribution < 1.29 is 15.1 Å². The highest BCUT2D eigenvalue weighted by Crippen LogP contribution is 2.21. The summed E-state index contributed by atoms with van der Waals surface area (Å²) in [6.45, 7) is 0.253. The minimum absolute atomic E-state index is 0.200. The number of rotatable bonds is 4. The Hall–Kier alpha value is -2.49. The number of ether oxygens (including phenoxy) is 1. The molecule has 0 aliphatic carbocycles. The first-order chi connectivity index (χ1) is 8.81. The molecule has 0 aromatic heterocycles. The number of hydrogen-bond acceptors (Lipinski definition) is 4. The molecule has 0 aliphatic rings. The molecule has 2 aromatic rings. The summed E-state index contributed by atoms with van der Waals surface area (Å²) in [6.07, 6.45) is 1.31. The van der Waals surface area contributed by atoms with Crippen LogP contribution < -0.4 is 4.74 Å². The number of oxime groups is 1. The number of phenolic OH excluding ortho intramolecular Hbond substituents is 1. The number of nitrogens with zero attached hydrogens (tertiary/aromatic N) is 1. The molecular weight excluding hydrogens is 230 g/mol. The molecular formula is C14H13NO3. The summed E-state index contributed by atoms with van der Waals surface area (Å²) in [4.78, 5) is 0. The second kappa shape index (κ2) is 5.72. The lowest BCUT2D eigenvalue weighted by molar-refractivity contribution is 0.297. The molecule has 4 nitrogen and oxygen atoms in total. The highest BCUT2D eigenvalue weighted by Gasteiger charge is 2.03. The Morgan fingerprint density at radius 2 is 1.78 bits per heavy atom. The third-order valence-electron chi connectivity index (χ3n) is 2.49. The predicted octanol–water partition coefficient (Wildman–Crippen LogP) is 2.78. The van der Waals surface area contributed by atoms with Gasteiger partial charge in [-0.2, -0.15) is 0 Å². The Bertz CT molecular complexity index is 552. The van der Waals surface area contributed by atoms with Crippen LogP contribution in [0, 0.1) is 0 Å². The summed E-state index contributed by atoms with van der Waals surface area (Å²) < 4.78 is 5.59. The van der Waals surface area contributed by atoms with Gasteiger partial charge < -0.3 is 15.1 Å². The molecule has 2 N–H and O–H groups in total. The van der Waals surface area contributed by atoms with Crippen LogP contribution in [0.25, 0.3) is 0 Å². The van der Waals surface area contributed by atoms with Gasteiger partial charge >= 0.3 is 0 Å². The van der Waals surface area contributed by atoms with E-state index >= 15 is 0 Å². The third kappa shape index (κ3) is 2.79. The Labute approximate surface area is 105 Å². The van der Waals surface area contributed by atoms with Crippen molar-refractivity contribution in [3.63, 3.8) is 0 Å². The fraction of sp³-hybridized carbons (Fsp3) is 0.0714. The molecule has 18 heavy (non-hydrogen) atoms. The second-order valence-electron chi connectivity index (χ2n) is 3.70. The van der Waals surface area contributed by atoms with Crippen molar-refractivity contribution in [3.05, 3.63) is 59.7 Å². The molecule has 0 saturated carbocycles. The summed E-state index contributed by atoms with van der Waals surface area (Å²) >= 11 is 0. The van der Waals surface area contributed by atoms with Crippen LogP contribution in [-0.4, -0.2) is 16.5 Å². The highest BCUT2D eigenvalue weighted by atomic mass is 16.5. The lowest BCUT2D eigenvalue weighted by Crippen LogP contribution is -1.98. The maximum absolute atomic E-state index is 9.61. The van der Waals surface area contributed by atoms with Gasteiger partial charge in [-0.1, -0.05) is 35.5 Å². The van der Waals surface area contributed by atoms with Crippen LogP contribution >= 0.6 is 0 Å². The van der Waals surface area contributed by atoms with Gasteiger partial charge in [-0.05, 0) is 18.2 Å². The normalized spacial score (nSPS) is 10.7. The third-order valence-corrected chi connectivity index (χ3v) is 2.49. The molecule has 4 heteroatoms. The van der Waals surface area contributed by atoms with Crippen LogP contribution in [-0.2, 0) is 6.61 Å². The van der Waals surface area contributed by atoms with Gasteiger partial charge in [0.1, 0.15) is 18.1 Å². The van der Waals surface area contributed by atoms with Gasteiger partial charge in [0.05, 0.1) is 6.21 Å². The van der Waals surface area contributed by atoms with Crippen LogP contribution in [0.5, 0.6) is 11.5 Å². The largest absolute Gasteiger partial charge is 0.508 e. The second-order valence-corrected chi connectivity index (χ2v) is 3.70. The van der Waals surface area contributed by atoms with Crippen LogP contribution in [0.15, 0.2) is 53.7 Å². The predicted molar refractivity (Wildman–Crippen MR) is 68.3 cm³/mol. The molecule has 0 heterocycles. The Kier molecular flexibility index (Phi) is 3.81. The summed E-state index contributed by atoms with van der Waals surface area (Å²) in [5, 5.41) is 21.1. The minimum Gasteiger partial charge on any atom is -0.508 e. The number of hydrogen-bond donors (Lipinski definition) is 2. The topological polar surface area (TPSA) is 62.1 Å². The average Bonchev–Trinajstić information content (AvgIpc) is 2.40. The molecule has 0 fully saturated rings. The molecule has 0 atom stereocenters. The molecule has 0 spiro atoms. The van der Waals surface area contributed by atoms with Gasteiger partial charge in [0, 0.05) is 11.1 Å². The van der Waals surface area contributed by atoms with Gasteiger partial charge in [-0.25, -0.2) is 0 Å². The average molecular weight is 243 g/mol. The smallest absolute Gasteiger partial charge is 0.128 e. The standard InChI is InChI=1S/C14H13NO3/c16-13-7-3-1-6-12(13)10-18-14-8-4-2-5-11(14)9-15-17/h1-9,16-17H,10H2. The van der Waals surface area contributed by atoms with E-state index in [1.165, 1.54) is 6.21 Å². The van der Waals surface area contributed by atoms with Crippen molar-refractivity contribution in [3.8, 4) is 11.5 Å². The lowest BCUT2D eigenvalue weighted by atomic mass is 10.2. The van der Waals surface area contributed by atoms with Crippen molar-refractivity contribution in [1.29, 1.82) is 0 Å². The Balaban J connectivity index is 2.13. The first kappa shape index (κ1) is 12.0. The SMILES string of the molecule is ON=Cc1ccccc1OCc1ccccc1O. The van der Waals surface area contributed by atoms with Crippen LogP contribution in [0.1, 0.15) is 11.1 Å². The van der Waals surface area contributed by atoms with E-state index in [0.717, 1.165) is 0 Å². The van der Waals surface area contributed by atoms with Crippen molar-refractivity contribution >= 4 is 6.21 Å². The van der Waals surface area contributed by atoms with E-state index in [1.807, 2.05) is 18.2 Å². The van der Waals surface area contributed by atoms with Crippen LogP contribution in [0.2, 0.25) is 0 Å². The van der Waals surface area contributed by atoms with Gasteiger partial charge in [0.15, 0.2) is 0 Å². The number of phenols is 1. The molecule has 0 bridgehead atoms. The summed E-state index contributed by atoms with van der Waals surface area (Å²) in [6, 6.07) is 14.2. The van der Waals surface area contributed by atoms with Crippen molar-refractivity contribution in [2.75, 3.05) is 0 Å². The summed E-state index contributed by atoms with van der Waals surface area (Å²) in [7, 11) is 0. The summed E-state index contributed by atoms with van der Waals surface area (Å²) in [5.41, 5.74) is 1.38. The maximum atomic E-state index is 9.61. The molecule has 0 radical (unpaired) electrons. The molecule has 0 saturated heterocycles. The van der Waals surface area contributed by atoms with E-state index in [9.17, 15) is 5.11 Å². The maximum Gasteiger partial charge on any atom is 0.128 e. The zero-order chi connectivity index (χ0) is 12.8. The Morgan fingerprint density at radius 3 is 2.56 bits per heavy atom. The van der Waals surface area contributed by atoms with Gasteiger partial charge in [0.2, 0.25) is 0 Å². The van der Waals surface area contributed by atoms with E-state index in [-0.39, 0.29) is 12.4 Å². The molecule has 0 aliphatic heterocycles. The first-order valence-electron chi connectivity index (χ1n) is 5.47. The lowest BCUT2D eigenvalue weighted by Gasteiger charge is -2.09. The van der Waals surface area contributed by atoms with Crippen molar-refractivity contribution in [2.24, 2.45) is 5.16 Å². The summed E-state index contributed by atoms with van der Waals surface area (Å²) in [5.74, 6) is 0.796. The minimum atomic E-state index is 0.200. The number of para-hydroxylation sites is 2. The van der Waals surface area contributed by atoms with E-state index in [0.29, 0.717) is 16.9 Å². The van der Waals surface area contributed by atoms with Crippen molar-refractivity contribution in [2.45, 2.75) is 6.61 Å². The van der Waals surface area contributed by atoms with Gasteiger partial charge in [0.25, 0.3) is 0 Å².